The number of aromatic nitrogens is 2. The third kappa shape index (κ3) is 3.29. The number of aryl methyl sites for hydroxylation is 1. The van der Waals surface area contributed by atoms with Gasteiger partial charge in [0.05, 0.1) is 11.9 Å². The average Bonchev–Trinajstić information content (AvgIpc) is 3.20. The molecular formula is C18H26N8O. The van der Waals surface area contributed by atoms with Crippen LogP contribution in [0.25, 0.3) is 0 Å². The molecule has 0 aromatic carbocycles. The number of aliphatic imine (C=N–C) groups is 1. The zero-order valence-corrected chi connectivity index (χ0v) is 15.9. The average molecular weight is 370 g/mol. The van der Waals surface area contributed by atoms with E-state index in [1.54, 1.807) is 12.4 Å². The van der Waals surface area contributed by atoms with Crippen molar-refractivity contribution in [3.05, 3.63) is 23.2 Å². The maximum atomic E-state index is 12.9. The fourth-order valence-electron chi connectivity index (χ4n) is 3.92. The molecule has 4 rings (SSSR count). The Kier molecular flexibility index (Phi) is 4.16. The minimum Gasteiger partial charge on any atom is -0.383 e. The highest BCUT2D eigenvalue weighted by Crippen LogP contribution is 2.39. The second-order valence-electron chi connectivity index (χ2n) is 8.24. The number of H-pyrrole nitrogens is 1. The summed E-state index contributed by atoms with van der Waals surface area (Å²) in [5, 5.41) is 19.5. The Balaban J connectivity index is 1.60. The molecular weight excluding hydrogens is 344 g/mol. The predicted molar refractivity (Wildman–Crippen MR) is 104 cm³/mol. The van der Waals surface area contributed by atoms with E-state index in [-0.39, 0.29) is 18.1 Å². The summed E-state index contributed by atoms with van der Waals surface area (Å²) >= 11 is 0. The van der Waals surface area contributed by atoms with E-state index in [0.717, 1.165) is 31.4 Å². The molecule has 27 heavy (non-hydrogen) atoms. The van der Waals surface area contributed by atoms with Crippen molar-refractivity contribution in [1.82, 2.24) is 20.5 Å². The molecule has 1 aromatic rings. The molecule has 9 nitrogen and oxygen atoms in total. The van der Waals surface area contributed by atoms with Crippen LogP contribution in [0.3, 0.4) is 0 Å². The number of rotatable bonds is 3. The fourth-order valence-corrected chi connectivity index (χ4v) is 3.92. The number of carbonyl (C=O) groups excluding carboxylic acids is 1. The molecule has 144 valence electrons. The van der Waals surface area contributed by atoms with Gasteiger partial charge in [0.2, 0.25) is 0 Å². The van der Waals surface area contributed by atoms with Gasteiger partial charge < -0.3 is 16.4 Å². The lowest BCUT2D eigenvalue weighted by molar-refractivity contribution is -0.110. The van der Waals surface area contributed by atoms with E-state index < -0.39 is 0 Å². The van der Waals surface area contributed by atoms with E-state index in [1.165, 1.54) is 0 Å². The molecule has 0 radical (unpaired) electrons. The van der Waals surface area contributed by atoms with Gasteiger partial charge in [-0.15, -0.1) is 0 Å². The summed E-state index contributed by atoms with van der Waals surface area (Å²) in [5.74, 6) is 0.451. The maximum Gasteiger partial charge on any atom is 0.277 e. The number of nitrogens with two attached hydrogens (primary N) is 1. The van der Waals surface area contributed by atoms with Gasteiger partial charge in [0, 0.05) is 17.8 Å². The van der Waals surface area contributed by atoms with E-state index >= 15 is 0 Å². The van der Waals surface area contributed by atoms with Crippen LogP contribution in [-0.4, -0.2) is 45.4 Å². The smallest absolute Gasteiger partial charge is 0.277 e. The van der Waals surface area contributed by atoms with E-state index in [2.05, 4.69) is 44.8 Å². The molecule has 0 spiro atoms. The van der Waals surface area contributed by atoms with Crippen molar-refractivity contribution in [2.24, 2.45) is 21.2 Å². The standard InChI is InChI=1S/C18H26N8O/c1-10-8-12(24-23-10)22-17(27)14-13-15(19)20-9-21-16(13)26(25-14)11-4-6-18(2,3)7-5-11/h8-9,11,16H,4-7,19H2,1-3H3,(H,20,21)(H2,22,23,24,27). The minimum atomic E-state index is -0.331. The quantitative estimate of drug-likeness (QED) is 0.641. The lowest BCUT2D eigenvalue weighted by Gasteiger charge is -2.40. The van der Waals surface area contributed by atoms with Gasteiger partial charge in [0.25, 0.3) is 5.91 Å². The number of nitrogens with zero attached hydrogens (tertiary/aromatic N) is 4. The Morgan fingerprint density at radius 3 is 2.78 bits per heavy atom. The Morgan fingerprint density at radius 1 is 1.37 bits per heavy atom. The summed E-state index contributed by atoms with van der Waals surface area (Å²) in [4.78, 5) is 17.0. The summed E-state index contributed by atoms with van der Waals surface area (Å²) in [6, 6.07) is 2.03. The van der Waals surface area contributed by atoms with Crippen LogP contribution in [-0.2, 0) is 4.79 Å². The monoisotopic (exact) mass is 370 g/mol. The normalized spacial score (nSPS) is 24.5. The van der Waals surface area contributed by atoms with E-state index in [0.29, 0.717) is 28.3 Å². The van der Waals surface area contributed by atoms with E-state index in [1.807, 2.05) is 11.9 Å². The van der Waals surface area contributed by atoms with Gasteiger partial charge in [0.1, 0.15) is 12.0 Å². The van der Waals surface area contributed by atoms with Crippen molar-refractivity contribution in [3.63, 3.8) is 0 Å². The Labute approximate surface area is 158 Å². The number of fused-ring (bicyclic) bond motifs is 1. The summed E-state index contributed by atoms with van der Waals surface area (Å²) in [6.45, 7) is 6.48. The zero-order valence-electron chi connectivity index (χ0n) is 15.9. The van der Waals surface area contributed by atoms with Crippen molar-refractivity contribution in [1.29, 1.82) is 0 Å². The molecule has 1 aromatic heterocycles. The number of amides is 1. The molecule has 0 bridgehead atoms. The molecule has 2 aliphatic heterocycles. The van der Waals surface area contributed by atoms with Gasteiger partial charge in [-0.25, -0.2) is 4.99 Å². The topological polar surface area (TPSA) is 124 Å². The highest BCUT2D eigenvalue weighted by Gasteiger charge is 2.43. The Morgan fingerprint density at radius 2 is 2.11 bits per heavy atom. The summed E-state index contributed by atoms with van der Waals surface area (Å²) in [6.07, 6.45) is 5.66. The highest BCUT2D eigenvalue weighted by molar-refractivity contribution is 6.49. The van der Waals surface area contributed by atoms with Crippen LogP contribution in [0.15, 0.2) is 27.6 Å². The first-order valence-electron chi connectivity index (χ1n) is 9.33. The molecule has 9 heteroatoms. The van der Waals surface area contributed by atoms with Gasteiger partial charge in [0.15, 0.2) is 11.5 Å². The van der Waals surface area contributed by atoms with Crippen molar-refractivity contribution < 1.29 is 4.79 Å². The second kappa shape index (κ2) is 6.40. The molecule has 3 heterocycles. The van der Waals surface area contributed by atoms with Gasteiger partial charge in [-0.2, -0.15) is 10.2 Å². The van der Waals surface area contributed by atoms with Crippen LogP contribution < -0.4 is 16.4 Å². The molecule has 1 saturated carbocycles. The summed E-state index contributed by atoms with van der Waals surface area (Å²) in [7, 11) is 0. The number of hydrogen-bond acceptors (Lipinski definition) is 7. The SMILES string of the molecule is Cc1cc(NC(=O)C2=NN(C3CCC(C)(C)CC3)C3NC=NC(N)=C23)n[nH]1. The zero-order chi connectivity index (χ0) is 19.2. The molecule has 5 N–H and O–H groups in total. The molecule has 1 unspecified atom stereocenters. The lowest BCUT2D eigenvalue weighted by atomic mass is 9.75. The van der Waals surface area contributed by atoms with Crippen LogP contribution in [0, 0.1) is 12.3 Å². The number of anilines is 1. The summed E-state index contributed by atoms with van der Waals surface area (Å²) in [5.41, 5.74) is 8.27. The lowest BCUT2D eigenvalue weighted by Crippen LogP contribution is -2.49. The highest BCUT2D eigenvalue weighted by atomic mass is 16.2. The maximum absolute atomic E-state index is 12.9. The van der Waals surface area contributed by atoms with Crippen molar-refractivity contribution in [2.45, 2.75) is 58.7 Å². The van der Waals surface area contributed by atoms with Crippen LogP contribution in [0.5, 0.6) is 0 Å². The largest absolute Gasteiger partial charge is 0.383 e. The molecule has 1 aliphatic carbocycles. The van der Waals surface area contributed by atoms with Crippen LogP contribution in [0.4, 0.5) is 5.82 Å². The first-order valence-corrected chi connectivity index (χ1v) is 9.33. The van der Waals surface area contributed by atoms with Crippen LogP contribution in [0.2, 0.25) is 0 Å². The molecule has 1 fully saturated rings. The molecule has 1 amide bonds. The van der Waals surface area contributed by atoms with Crippen molar-refractivity contribution >= 4 is 23.8 Å². The van der Waals surface area contributed by atoms with Gasteiger partial charge in [-0.05, 0) is 38.0 Å². The number of hydrogen-bond donors (Lipinski definition) is 4. The van der Waals surface area contributed by atoms with Gasteiger partial charge >= 0.3 is 0 Å². The minimum absolute atomic E-state index is 0.254. The molecule has 0 saturated heterocycles. The van der Waals surface area contributed by atoms with Crippen molar-refractivity contribution in [3.8, 4) is 0 Å². The van der Waals surface area contributed by atoms with Gasteiger partial charge in [-0.3, -0.25) is 14.9 Å². The summed E-state index contributed by atoms with van der Waals surface area (Å²) < 4.78 is 0. The Hall–Kier alpha value is -2.84. The first-order chi connectivity index (χ1) is 12.8. The van der Waals surface area contributed by atoms with Gasteiger partial charge in [-0.1, -0.05) is 13.8 Å². The number of aromatic amines is 1. The predicted octanol–water partition coefficient (Wildman–Crippen LogP) is 1.42. The first kappa shape index (κ1) is 17.6. The fraction of sp³-hybridized carbons (Fsp3) is 0.556. The molecule has 3 aliphatic rings. The molecule has 1 atom stereocenters. The van der Waals surface area contributed by atoms with E-state index in [9.17, 15) is 4.79 Å². The third-order valence-electron chi connectivity index (χ3n) is 5.57. The second-order valence-corrected chi connectivity index (χ2v) is 8.24. The third-order valence-corrected chi connectivity index (χ3v) is 5.57. The number of nitrogens with one attached hydrogen (secondary N) is 3. The van der Waals surface area contributed by atoms with Crippen molar-refractivity contribution in [2.75, 3.05) is 5.32 Å². The van der Waals surface area contributed by atoms with E-state index in [4.69, 9.17) is 5.73 Å². The number of hydrazone groups is 1. The van der Waals surface area contributed by atoms with Crippen LogP contribution >= 0.6 is 0 Å². The Bertz CT molecular complexity index is 839. The number of carbonyl (C=O) groups is 1. The van der Waals surface area contributed by atoms with Crippen LogP contribution in [0.1, 0.15) is 45.2 Å².